The van der Waals surface area contributed by atoms with E-state index in [1.165, 1.54) is 29.7 Å². The number of hydrogen-bond acceptors (Lipinski definition) is 6. The lowest BCUT2D eigenvalue weighted by Gasteiger charge is -2.16. The van der Waals surface area contributed by atoms with Crippen LogP contribution in [0.3, 0.4) is 0 Å². The van der Waals surface area contributed by atoms with E-state index in [2.05, 4.69) is 0 Å². The summed E-state index contributed by atoms with van der Waals surface area (Å²) in [5.41, 5.74) is 3.09. The summed E-state index contributed by atoms with van der Waals surface area (Å²) in [6.45, 7) is 3.60. The maximum Gasteiger partial charge on any atom is 0.248 e. The second kappa shape index (κ2) is 8.20. The van der Waals surface area contributed by atoms with Gasteiger partial charge in [0.15, 0.2) is 19.7 Å². The lowest BCUT2D eigenvalue weighted by molar-refractivity contribution is -0.132. The lowest BCUT2D eigenvalue weighted by Crippen LogP contribution is -2.37. The Bertz CT molecular complexity index is 933. The Balaban J connectivity index is 2.31. The Labute approximate surface area is 158 Å². The zero-order valence-corrected chi connectivity index (χ0v) is 16.5. The molecule has 0 aliphatic heterocycles. The highest BCUT2D eigenvalue weighted by Crippen LogP contribution is 2.20. The SMILES string of the molecule is Cc1ccc(S(=O)(=O)CC(CS(=O)(=O)c2ccc(C)cc2)C(=O)NO)cc1. The van der Waals surface area contributed by atoms with Crippen molar-refractivity contribution >= 4 is 25.6 Å². The minimum absolute atomic E-state index is 0.0171. The molecule has 146 valence electrons. The number of benzene rings is 2. The van der Waals surface area contributed by atoms with E-state index in [9.17, 15) is 21.6 Å². The molecule has 7 nitrogen and oxygen atoms in total. The summed E-state index contributed by atoms with van der Waals surface area (Å²) < 4.78 is 50.3. The Morgan fingerprint density at radius 3 is 1.44 bits per heavy atom. The Morgan fingerprint density at radius 2 is 1.15 bits per heavy atom. The number of amides is 1. The molecule has 2 rings (SSSR count). The van der Waals surface area contributed by atoms with Gasteiger partial charge in [-0.3, -0.25) is 10.0 Å². The van der Waals surface area contributed by atoms with Crippen LogP contribution >= 0.6 is 0 Å². The quantitative estimate of drug-likeness (QED) is 0.529. The lowest BCUT2D eigenvalue weighted by atomic mass is 10.2. The summed E-state index contributed by atoms with van der Waals surface area (Å²) in [5.74, 6) is -4.02. The van der Waals surface area contributed by atoms with Gasteiger partial charge in [-0.15, -0.1) is 0 Å². The molecular formula is C18H21NO6S2. The van der Waals surface area contributed by atoms with Crippen molar-refractivity contribution in [3.63, 3.8) is 0 Å². The van der Waals surface area contributed by atoms with Crippen LogP contribution in [0.15, 0.2) is 58.3 Å². The topological polar surface area (TPSA) is 118 Å². The Morgan fingerprint density at radius 1 is 0.815 bits per heavy atom. The fraction of sp³-hybridized carbons (Fsp3) is 0.278. The molecule has 0 atom stereocenters. The minimum Gasteiger partial charge on any atom is -0.289 e. The average molecular weight is 412 g/mol. The van der Waals surface area contributed by atoms with Gasteiger partial charge < -0.3 is 0 Å². The number of hydroxylamine groups is 1. The van der Waals surface area contributed by atoms with Crippen LogP contribution in [-0.2, 0) is 24.5 Å². The molecule has 9 heteroatoms. The van der Waals surface area contributed by atoms with Crippen LogP contribution in [0.25, 0.3) is 0 Å². The number of carbonyl (C=O) groups excluding carboxylic acids is 1. The van der Waals surface area contributed by atoms with Gasteiger partial charge >= 0.3 is 0 Å². The van der Waals surface area contributed by atoms with Gasteiger partial charge in [-0.25, -0.2) is 22.3 Å². The van der Waals surface area contributed by atoms with Gasteiger partial charge in [0.05, 0.1) is 27.2 Å². The first-order chi connectivity index (χ1) is 12.5. The van der Waals surface area contributed by atoms with Gasteiger partial charge in [0.25, 0.3) is 0 Å². The molecule has 27 heavy (non-hydrogen) atoms. The predicted molar refractivity (Wildman–Crippen MR) is 99.9 cm³/mol. The first-order valence-electron chi connectivity index (χ1n) is 8.08. The second-order valence-corrected chi connectivity index (χ2v) is 10.4. The van der Waals surface area contributed by atoms with E-state index in [-0.39, 0.29) is 9.79 Å². The molecular weight excluding hydrogens is 390 g/mol. The van der Waals surface area contributed by atoms with Crippen molar-refractivity contribution in [2.45, 2.75) is 23.6 Å². The molecule has 0 spiro atoms. The van der Waals surface area contributed by atoms with Gasteiger partial charge in [0, 0.05) is 0 Å². The summed E-state index contributed by atoms with van der Waals surface area (Å²) in [6, 6.07) is 12.0. The van der Waals surface area contributed by atoms with Crippen LogP contribution in [0.2, 0.25) is 0 Å². The summed E-state index contributed by atoms with van der Waals surface area (Å²) in [7, 11) is -7.86. The third-order valence-corrected chi connectivity index (χ3v) is 7.75. The molecule has 0 saturated heterocycles. The summed E-state index contributed by atoms with van der Waals surface area (Å²) in [5, 5.41) is 8.92. The first-order valence-corrected chi connectivity index (χ1v) is 11.4. The highest BCUT2D eigenvalue weighted by atomic mass is 32.2. The normalized spacial score (nSPS) is 12.1. The van der Waals surface area contributed by atoms with Crippen molar-refractivity contribution in [2.24, 2.45) is 5.92 Å². The number of carbonyl (C=O) groups is 1. The number of aryl methyl sites for hydroxylation is 2. The molecule has 2 N–H and O–H groups in total. The van der Waals surface area contributed by atoms with Gasteiger partial charge in [-0.2, -0.15) is 0 Å². The van der Waals surface area contributed by atoms with Crippen molar-refractivity contribution in [3.05, 3.63) is 59.7 Å². The Kier molecular flexibility index (Phi) is 6.40. The molecule has 0 aliphatic rings. The zero-order chi connectivity index (χ0) is 20.2. The van der Waals surface area contributed by atoms with Crippen LogP contribution in [-0.4, -0.2) is 39.5 Å². The van der Waals surface area contributed by atoms with E-state index < -0.39 is 43.0 Å². The molecule has 0 bridgehead atoms. The van der Waals surface area contributed by atoms with Crippen LogP contribution in [0, 0.1) is 19.8 Å². The van der Waals surface area contributed by atoms with Crippen molar-refractivity contribution in [1.82, 2.24) is 5.48 Å². The fourth-order valence-corrected chi connectivity index (χ4v) is 5.74. The zero-order valence-electron chi connectivity index (χ0n) is 14.9. The fourth-order valence-electron chi connectivity index (χ4n) is 2.50. The van der Waals surface area contributed by atoms with E-state index in [4.69, 9.17) is 5.21 Å². The van der Waals surface area contributed by atoms with Gasteiger partial charge in [0.2, 0.25) is 5.91 Å². The van der Waals surface area contributed by atoms with E-state index in [0.717, 1.165) is 11.1 Å². The highest BCUT2D eigenvalue weighted by Gasteiger charge is 2.32. The maximum absolute atomic E-state index is 12.6. The van der Waals surface area contributed by atoms with E-state index >= 15 is 0 Å². The van der Waals surface area contributed by atoms with Crippen LogP contribution < -0.4 is 5.48 Å². The van der Waals surface area contributed by atoms with Crippen molar-refractivity contribution < 1.29 is 26.8 Å². The molecule has 2 aromatic carbocycles. The highest BCUT2D eigenvalue weighted by molar-refractivity contribution is 7.92. The van der Waals surface area contributed by atoms with Gasteiger partial charge in [0.1, 0.15) is 0 Å². The number of nitrogens with one attached hydrogen (secondary N) is 1. The number of hydrogen-bond donors (Lipinski definition) is 2. The molecule has 0 heterocycles. The van der Waals surface area contributed by atoms with Crippen molar-refractivity contribution in [1.29, 1.82) is 0 Å². The largest absolute Gasteiger partial charge is 0.289 e. The van der Waals surface area contributed by atoms with Crippen molar-refractivity contribution in [2.75, 3.05) is 11.5 Å². The third kappa shape index (κ3) is 5.38. The van der Waals surface area contributed by atoms with E-state index in [1.807, 2.05) is 0 Å². The number of sulfone groups is 2. The van der Waals surface area contributed by atoms with E-state index in [1.54, 1.807) is 38.1 Å². The molecule has 2 aromatic rings. The average Bonchev–Trinajstić information content (AvgIpc) is 2.60. The summed E-state index contributed by atoms with van der Waals surface area (Å²) in [6.07, 6.45) is 0. The summed E-state index contributed by atoms with van der Waals surface area (Å²) >= 11 is 0. The number of rotatable bonds is 7. The minimum atomic E-state index is -3.93. The van der Waals surface area contributed by atoms with Gasteiger partial charge in [-0.1, -0.05) is 35.4 Å². The molecule has 0 saturated carbocycles. The molecule has 0 aromatic heterocycles. The summed E-state index contributed by atoms with van der Waals surface area (Å²) in [4.78, 5) is 11.9. The van der Waals surface area contributed by atoms with Crippen molar-refractivity contribution in [3.8, 4) is 0 Å². The molecule has 0 aliphatic carbocycles. The smallest absolute Gasteiger partial charge is 0.248 e. The molecule has 0 radical (unpaired) electrons. The monoisotopic (exact) mass is 411 g/mol. The molecule has 1 amide bonds. The molecule has 0 unspecified atom stereocenters. The maximum atomic E-state index is 12.6. The van der Waals surface area contributed by atoms with Gasteiger partial charge in [-0.05, 0) is 38.1 Å². The van der Waals surface area contributed by atoms with Crippen LogP contribution in [0.4, 0.5) is 0 Å². The standard InChI is InChI=1S/C18H21NO6S2/c1-13-3-7-16(8-4-13)26(22,23)11-15(18(20)19-21)12-27(24,25)17-9-5-14(2)6-10-17/h3-10,15,21H,11-12H2,1-2H3,(H,19,20). The van der Waals surface area contributed by atoms with E-state index in [0.29, 0.717) is 0 Å². The second-order valence-electron chi connectivity index (χ2n) is 6.36. The van der Waals surface area contributed by atoms with Crippen LogP contribution in [0.5, 0.6) is 0 Å². The molecule has 0 fully saturated rings. The Hall–Kier alpha value is -2.23. The first kappa shape index (κ1) is 21.1. The predicted octanol–water partition coefficient (Wildman–Crippen LogP) is 1.67. The van der Waals surface area contributed by atoms with Crippen LogP contribution in [0.1, 0.15) is 11.1 Å². The third-order valence-electron chi connectivity index (χ3n) is 4.08.